The largest absolute Gasteiger partial charge is 0.484 e. The van der Waals surface area contributed by atoms with E-state index in [0.29, 0.717) is 0 Å². The molecule has 0 N–H and O–H groups in total. The highest BCUT2D eigenvalue weighted by molar-refractivity contribution is 7.25. The third kappa shape index (κ3) is 4.15. The van der Waals surface area contributed by atoms with Crippen molar-refractivity contribution >= 4 is 53.4 Å². The molecule has 2 nitrogen and oxygen atoms in total. The highest BCUT2D eigenvalue weighted by Gasteiger charge is 2.28. The minimum atomic E-state index is -0.00670. The maximum absolute atomic E-state index is 6.66. The normalized spacial score (nSPS) is 15.3. The number of fused-ring (bicyclic) bond motifs is 8. The Bertz CT molecular complexity index is 2270. The van der Waals surface area contributed by atoms with Gasteiger partial charge in [0.2, 0.25) is 0 Å². The van der Waals surface area contributed by atoms with E-state index in [1.54, 1.807) is 0 Å². The van der Waals surface area contributed by atoms with Gasteiger partial charge in [0.15, 0.2) is 0 Å². The van der Waals surface area contributed by atoms with Gasteiger partial charge < -0.3 is 9.15 Å². The third-order valence-electron chi connectivity index (χ3n) is 9.04. The van der Waals surface area contributed by atoms with Crippen LogP contribution in [0.1, 0.15) is 39.8 Å². The average molecular weight is 573 g/mol. The summed E-state index contributed by atoms with van der Waals surface area (Å²) in [6, 6.07) is 48.3. The van der Waals surface area contributed by atoms with E-state index in [1.807, 2.05) is 23.5 Å². The van der Waals surface area contributed by atoms with Crippen molar-refractivity contribution in [3.05, 3.63) is 161 Å². The molecule has 3 heterocycles. The van der Waals surface area contributed by atoms with Gasteiger partial charge in [0, 0.05) is 37.9 Å². The van der Waals surface area contributed by atoms with Crippen molar-refractivity contribution in [1.82, 2.24) is 0 Å². The topological polar surface area (TPSA) is 22.4 Å². The second kappa shape index (κ2) is 9.86. The smallest absolute Gasteiger partial charge is 0.139 e. The summed E-state index contributed by atoms with van der Waals surface area (Å²) >= 11 is 1.88. The van der Waals surface area contributed by atoms with Crippen LogP contribution >= 0.6 is 11.3 Å². The lowest BCUT2D eigenvalue weighted by Gasteiger charge is -2.20. The van der Waals surface area contributed by atoms with E-state index < -0.39 is 0 Å². The fraction of sp³-hybridized carbons (Fsp3) is 0.100. The van der Waals surface area contributed by atoms with E-state index in [4.69, 9.17) is 9.15 Å². The zero-order valence-electron chi connectivity index (χ0n) is 23.5. The summed E-state index contributed by atoms with van der Waals surface area (Å²) in [6.07, 6.45) is 1.80. The van der Waals surface area contributed by atoms with Gasteiger partial charge in [0.1, 0.15) is 23.0 Å². The number of furan rings is 1. The van der Waals surface area contributed by atoms with Crippen LogP contribution in [0.25, 0.3) is 42.1 Å². The molecule has 8 aromatic rings. The molecule has 0 aliphatic carbocycles. The summed E-state index contributed by atoms with van der Waals surface area (Å²) < 4.78 is 15.5. The molecule has 1 aliphatic heterocycles. The molecule has 0 amide bonds. The first-order chi connectivity index (χ1) is 21.3. The Kier molecular flexibility index (Phi) is 5.67. The molecule has 0 saturated carbocycles. The lowest BCUT2D eigenvalue weighted by molar-refractivity contribution is 0.241. The molecule has 0 bridgehead atoms. The number of para-hydroxylation sites is 1. The summed E-state index contributed by atoms with van der Waals surface area (Å²) in [6.45, 7) is 0. The van der Waals surface area contributed by atoms with E-state index in [0.717, 1.165) is 40.5 Å². The standard InChI is InChI=1S/C40H28O2S/c1-2-8-26(9-3-1)32(22-25-14-21-38-33(23-25)30-10-5-7-13-37(30)43-38)27-15-17-28(18-16-27)36-24-29-19-20-35-39(40(29)42-36)31-11-4-6-12-34(31)41-35/h1-21,23,32,36H,22,24H2. The molecule has 9 rings (SSSR count). The van der Waals surface area contributed by atoms with Crippen LogP contribution in [0.2, 0.25) is 0 Å². The van der Waals surface area contributed by atoms with Crippen LogP contribution < -0.4 is 4.74 Å². The Hall–Kier alpha value is -4.86. The summed E-state index contributed by atoms with van der Waals surface area (Å²) in [7, 11) is 0. The lowest BCUT2D eigenvalue weighted by Crippen LogP contribution is -2.07. The number of thiophene rings is 1. The second-order valence-corrected chi connectivity index (χ2v) is 12.7. The van der Waals surface area contributed by atoms with Crippen molar-refractivity contribution < 1.29 is 9.15 Å². The highest BCUT2D eigenvalue weighted by atomic mass is 32.1. The Morgan fingerprint density at radius 3 is 2.26 bits per heavy atom. The van der Waals surface area contributed by atoms with Gasteiger partial charge in [-0.25, -0.2) is 0 Å². The number of ether oxygens (including phenoxy) is 1. The van der Waals surface area contributed by atoms with E-state index in [9.17, 15) is 0 Å². The first kappa shape index (κ1) is 24.7. The van der Waals surface area contributed by atoms with Crippen LogP contribution in [0.3, 0.4) is 0 Å². The summed E-state index contributed by atoms with van der Waals surface area (Å²) in [5.41, 5.74) is 8.26. The molecular weight excluding hydrogens is 545 g/mol. The maximum Gasteiger partial charge on any atom is 0.139 e. The summed E-state index contributed by atoms with van der Waals surface area (Å²) in [5, 5.41) is 4.91. The van der Waals surface area contributed by atoms with Crippen LogP contribution in [-0.4, -0.2) is 0 Å². The minimum absolute atomic E-state index is 0.00670. The first-order valence-electron chi connectivity index (χ1n) is 14.9. The molecule has 43 heavy (non-hydrogen) atoms. The molecule has 0 saturated heterocycles. The quantitative estimate of drug-likeness (QED) is 0.205. The third-order valence-corrected chi connectivity index (χ3v) is 10.2. The molecule has 0 radical (unpaired) electrons. The van der Waals surface area contributed by atoms with Gasteiger partial charge in [-0.05, 0) is 64.6 Å². The van der Waals surface area contributed by atoms with Crippen molar-refractivity contribution in [2.24, 2.45) is 0 Å². The SMILES string of the molecule is c1ccc(C(Cc2ccc3sc4ccccc4c3c2)c2ccc(C3Cc4ccc5oc6ccccc6c5c4O3)cc2)cc1. The number of benzene rings is 6. The Balaban J connectivity index is 1.04. The lowest BCUT2D eigenvalue weighted by atomic mass is 9.85. The second-order valence-electron chi connectivity index (χ2n) is 11.6. The van der Waals surface area contributed by atoms with Crippen molar-refractivity contribution in [2.45, 2.75) is 24.9 Å². The molecule has 0 spiro atoms. The summed E-state index contributed by atoms with van der Waals surface area (Å²) in [4.78, 5) is 0. The monoisotopic (exact) mass is 572 g/mol. The van der Waals surface area contributed by atoms with Gasteiger partial charge in [-0.15, -0.1) is 11.3 Å². The van der Waals surface area contributed by atoms with Crippen molar-refractivity contribution in [1.29, 1.82) is 0 Å². The van der Waals surface area contributed by atoms with Crippen molar-refractivity contribution in [2.75, 3.05) is 0 Å². The molecule has 1 aliphatic rings. The molecule has 0 fully saturated rings. The first-order valence-corrected chi connectivity index (χ1v) is 15.7. The molecule has 2 atom stereocenters. The van der Waals surface area contributed by atoms with Crippen LogP contribution in [0.15, 0.2) is 138 Å². The van der Waals surface area contributed by atoms with E-state index in [-0.39, 0.29) is 12.0 Å². The molecule has 206 valence electrons. The van der Waals surface area contributed by atoms with Gasteiger partial charge in [0.25, 0.3) is 0 Å². The molecule has 2 aromatic heterocycles. The van der Waals surface area contributed by atoms with Crippen LogP contribution in [0.4, 0.5) is 0 Å². The van der Waals surface area contributed by atoms with Crippen LogP contribution in [0.5, 0.6) is 5.75 Å². The highest BCUT2D eigenvalue weighted by Crippen LogP contribution is 2.45. The molecular formula is C40H28O2S. The van der Waals surface area contributed by atoms with Gasteiger partial charge in [0.05, 0.1) is 5.39 Å². The predicted molar refractivity (Wildman–Crippen MR) is 179 cm³/mol. The Morgan fingerprint density at radius 2 is 1.37 bits per heavy atom. The van der Waals surface area contributed by atoms with E-state index in [2.05, 4.69) is 121 Å². The fourth-order valence-corrected chi connectivity index (χ4v) is 7.97. The fourth-order valence-electron chi connectivity index (χ4n) is 6.89. The van der Waals surface area contributed by atoms with Crippen LogP contribution in [-0.2, 0) is 12.8 Å². The molecule has 6 aromatic carbocycles. The minimum Gasteiger partial charge on any atom is -0.484 e. The van der Waals surface area contributed by atoms with Crippen molar-refractivity contribution in [3.63, 3.8) is 0 Å². The summed E-state index contributed by atoms with van der Waals surface area (Å²) in [5.74, 6) is 1.23. The van der Waals surface area contributed by atoms with Gasteiger partial charge in [-0.2, -0.15) is 0 Å². The zero-order valence-corrected chi connectivity index (χ0v) is 24.3. The van der Waals surface area contributed by atoms with Crippen LogP contribution in [0, 0.1) is 0 Å². The van der Waals surface area contributed by atoms with E-state index >= 15 is 0 Å². The Labute approximate surface area is 253 Å². The maximum atomic E-state index is 6.66. The van der Waals surface area contributed by atoms with E-state index in [1.165, 1.54) is 48.0 Å². The number of hydrogen-bond donors (Lipinski definition) is 0. The predicted octanol–water partition coefficient (Wildman–Crippen LogP) is 11.0. The molecule has 3 heteroatoms. The number of hydrogen-bond acceptors (Lipinski definition) is 3. The molecule has 2 unspecified atom stereocenters. The Morgan fingerprint density at radius 1 is 0.628 bits per heavy atom. The average Bonchev–Trinajstić information content (AvgIpc) is 3.77. The van der Waals surface area contributed by atoms with Gasteiger partial charge in [-0.3, -0.25) is 0 Å². The number of rotatable bonds is 5. The van der Waals surface area contributed by atoms with Crippen molar-refractivity contribution in [3.8, 4) is 5.75 Å². The van der Waals surface area contributed by atoms with Gasteiger partial charge in [-0.1, -0.05) is 103 Å². The van der Waals surface area contributed by atoms with Gasteiger partial charge >= 0.3 is 0 Å². The zero-order chi connectivity index (χ0) is 28.3.